The average molecular weight is 403 g/mol. The van der Waals surface area contributed by atoms with Crippen LogP contribution in [0.4, 0.5) is 0 Å². The van der Waals surface area contributed by atoms with Crippen molar-refractivity contribution in [2.45, 2.75) is 19.9 Å². The molecule has 145 valence electrons. The van der Waals surface area contributed by atoms with Crippen LogP contribution in [0.3, 0.4) is 0 Å². The third-order valence-electron chi connectivity index (χ3n) is 4.48. The minimum absolute atomic E-state index is 0. The summed E-state index contributed by atoms with van der Waals surface area (Å²) in [5.74, 6) is -2.80. The molecular formula is C21H20N2NaO5. The number of fused-ring (bicyclic) bond motifs is 1. The van der Waals surface area contributed by atoms with Crippen LogP contribution in [0.2, 0.25) is 0 Å². The number of amides is 1. The van der Waals surface area contributed by atoms with Crippen LogP contribution in [-0.4, -0.2) is 63.5 Å². The topological polar surface area (TPSA) is 112 Å². The molecule has 8 heteroatoms. The van der Waals surface area contributed by atoms with E-state index < -0.39 is 24.3 Å². The van der Waals surface area contributed by atoms with Crippen LogP contribution in [0.15, 0.2) is 48.5 Å². The van der Waals surface area contributed by atoms with Gasteiger partial charge in [0.2, 0.25) is 0 Å². The summed E-state index contributed by atoms with van der Waals surface area (Å²) in [7, 11) is 0. The first-order chi connectivity index (χ1) is 13.4. The minimum Gasteiger partial charge on any atom is -0.481 e. The fourth-order valence-electron chi connectivity index (χ4n) is 3.36. The Kier molecular flexibility index (Phi) is 7.61. The van der Waals surface area contributed by atoms with Gasteiger partial charge in [0.1, 0.15) is 5.75 Å². The Labute approximate surface area is 189 Å². The maximum atomic E-state index is 12.6. The number of hydrogen-bond acceptors (Lipinski definition) is 4. The van der Waals surface area contributed by atoms with Crippen molar-refractivity contribution in [3.63, 3.8) is 0 Å². The van der Waals surface area contributed by atoms with Gasteiger partial charge in [0.25, 0.3) is 11.7 Å². The number of hydrogen-bond donors (Lipinski definition) is 2. The molecule has 0 unspecified atom stereocenters. The number of carboxylic acids is 1. The number of carbonyl (C=O) groups excluding carboxylic acids is 2. The smallest absolute Gasteiger partial charge is 0.341 e. The minimum atomic E-state index is -1.14. The second kappa shape index (κ2) is 9.73. The van der Waals surface area contributed by atoms with Crippen LogP contribution in [0.5, 0.6) is 5.75 Å². The quantitative estimate of drug-likeness (QED) is 0.339. The molecule has 0 saturated carbocycles. The van der Waals surface area contributed by atoms with Gasteiger partial charge in [-0.1, -0.05) is 43.3 Å². The molecule has 0 atom stereocenters. The Morgan fingerprint density at radius 2 is 1.76 bits per heavy atom. The molecule has 0 saturated heterocycles. The number of primary amides is 1. The fourth-order valence-corrected chi connectivity index (χ4v) is 3.36. The molecule has 1 amide bonds. The van der Waals surface area contributed by atoms with Crippen molar-refractivity contribution in [3.05, 3.63) is 65.4 Å². The Morgan fingerprint density at radius 1 is 1.07 bits per heavy atom. The van der Waals surface area contributed by atoms with Gasteiger partial charge < -0.3 is 20.1 Å². The van der Waals surface area contributed by atoms with Crippen molar-refractivity contribution in [2.75, 3.05) is 6.61 Å². The average Bonchev–Trinajstić information content (AvgIpc) is 3.00. The number of ether oxygens (including phenoxy) is 1. The van der Waals surface area contributed by atoms with E-state index in [1.165, 1.54) is 0 Å². The SMILES string of the molecule is CCc1c(C(=O)C(N)=O)c2c(OCC(=O)O)cccc2n1Cc1ccccc1.[Na]. The zero-order valence-electron chi connectivity index (χ0n) is 16.3. The molecule has 3 rings (SSSR count). The van der Waals surface area contributed by atoms with Gasteiger partial charge in [-0.15, -0.1) is 0 Å². The van der Waals surface area contributed by atoms with Crippen LogP contribution in [0, 0.1) is 0 Å². The summed E-state index contributed by atoms with van der Waals surface area (Å²) in [6, 6.07) is 14.8. The Balaban J connectivity index is 0.00000300. The third kappa shape index (κ3) is 4.70. The van der Waals surface area contributed by atoms with Gasteiger partial charge in [0.15, 0.2) is 6.61 Å². The van der Waals surface area contributed by atoms with Crippen molar-refractivity contribution in [3.8, 4) is 5.75 Å². The van der Waals surface area contributed by atoms with E-state index in [0.29, 0.717) is 29.6 Å². The molecule has 0 aliphatic rings. The molecule has 3 N–H and O–H groups in total. The summed E-state index contributed by atoms with van der Waals surface area (Å²) in [5, 5.41) is 9.35. The van der Waals surface area contributed by atoms with Crippen molar-refractivity contribution < 1.29 is 24.2 Å². The predicted octanol–water partition coefficient (Wildman–Crippen LogP) is 2.00. The number of aliphatic carboxylic acids is 1. The summed E-state index contributed by atoms with van der Waals surface area (Å²) in [6.45, 7) is 1.80. The maximum absolute atomic E-state index is 12.6. The van der Waals surface area contributed by atoms with Crippen LogP contribution < -0.4 is 10.5 Å². The van der Waals surface area contributed by atoms with E-state index in [2.05, 4.69) is 0 Å². The monoisotopic (exact) mass is 403 g/mol. The van der Waals surface area contributed by atoms with E-state index in [4.69, 9.17) is 15.6 Å². The van der Waals surface area contributed by atoms with Gasteiger partial charge in [0, 0.05) is 41.8 Å². The zero-order chi connectivity index (χ0) is 20.3. The number of aromatic nitrogens is 1. The Hall–Kier alpha value is -2.61. The number of nitrogens with zero attached hydrogens (tertiary/aromatic N) is 1. The van der Waals surface area contributed by atoms with Gasteiger partial charge in [-0.3, -0.25) is 9.59 Å². The summed E-state index contributed by atoms with van der Waals surface area (Å²) in [4.78, 5) is 35.3. The molecule has 0 spiro atoms. The molecular weight excluding hydrogens is 383 g/mol. The van der Waals surface area contributed by atoms with Gasteiger partial charge >= 0.3 is 5.97 Å². The molecule has 2 aromatic carbocycles. The van der Waals surface area contributed by atoms with Crippen molar-refractivity contribution in [1.82, 2.24) is 4.57 Å². The van der Waals surface area contributed by atoms with E-state index in [0.717, 1.165) is 5.56 Å². The number of carbonyl (C=O) groups is 3. The largest absolute Gasteiger partial charge is 0.481 e. The van der Waals surface area contributed by atoms with Crippen molar-refractivity contribution >= 4 is 58.1 Å². The van der Waals surface area contributed by atoms with E-state index >= 15 is 0 Å². The number of rotatable bonds is 8. The molecule has 0 aliphatic heterocycles. The molecule has 29 heavy (non-hydrogen) atoms. The van der Waals surface area contributed by atoms with Crippen LogP contribution in [-0.2, 0) is 22.6 Å². The van der Waals surface area contributed by atoms with Gasteiger partial charge in [-0.2, -0.15) is 0 Å². The molecule has 3 aromatic rings. The number of benzene rings is 2. The van der Waals surface area contributed by atoms with E-state index in [1.807, 2.05) is 47.9 Å². The third-order valence-corrected chi connectivity index (χ3v) is 4.48. The number of ketones is 1. The van der Waals surface area contributed by atoms with Crippen molar-refractivity contribution in [2.24, 2.45) is 5.73 Å². The van der Waals surface area contributed by atoms with Gasteiger partial charge in [-0.25, -0.2) is 4.79 Å². The maximum Gasteiger partial charge on any atom is 0.341 e. The first-order valence-electron chi connectivity index (χ1n) is 8.80. The van der Waals surface area contributed by atoms with E-state index in [9.17, 15) is 14.4 Å². The Bertz CT molecular complexity index is 1060. The Morgan fingerprint density at radius 3 is 2.34 bits per heavy atom. The summed E-state index contributed by atoms with van der Waals surface area (Å²) >= 11 is 0. The fraction of sp³-hybridized carbons (Fsp3) is 0.190. The summed E-state index contributed by atoms with van der Waals surface area (Å²) < 4.78 is 7.34. The normalized spacial score (nSPS) is 10.4. The van der Waals surface area contributed by atoms with Crippen LogP contribution in [0.1, 0.15) is 28.5 Å². The first-order valence-corrected chi connectivity index (χ1v) is 8.80. The standard InChI is InChI=1S/C21H20N2O5.Na/c1-2-14-19(20(26)21(22)27)18-15(9-6-10-16(18)28-12-17(24)25)23(14)11-13-7-4-3-5-8-13;/h3-10H,2,11-12H2,1H3,(H2,22,27)(H,24,25);. The molecule has 0 aliphatic carbocycles. The second-order valence-electron chi connectivity index (χ2n) is 6.27. The van der Waals surface area contributed by atoms with Gasteiger partial charge in [-0.05, 0) is 24.1 Å². The van der Waals surface area contributed by atoms with Crippen LogP contribution >= 0.6 is 0 Å². The van der Waals surface area contributed by atoms with Crippen LogP contribution in [0.25, 0.3) is 10.9 Å². The molecule has 1 heterocycles. The molecule has 0 fully saturated rings. The molecule has 1 aromatic heterocycles. The first kappa shape index (κ1) is 22.7. The zero-order valence-corrected chi connectivity index (χ0v) is 18.3. The van der Waals surface area contributed by atoms with E-state index in [-0.39, 0.29) is 40.9 Å². The number of Topliss-reactive ketones (excluding diaryl/α,β-unsaturated/α-hetero) is 1. The molecule has 7 nitrogen and oxygen atoms in total. The number of nitrogens with two attached hydrogens (primary N) is 1. The number of carboxylic acid groups (broad SMARTS) is 1. The summed E-state index contributed by atoms with van der Waals surface area (Å²) in [5.41, 5.74) is 7.79. The molecule has 1 radical (unpaired) electrons. The van der Waals surface area contributed by atoms with Gasteiger partial charge in [0.05, 0.1) is 16.5 Å². The predicted molar refractivity (Wildman–Crippen MR) is 109 cm³/mol. The molecule has 0 bridgehead atoms. The van der Waals surface area contributed by atoms with E-state index in [1.54, 1.807) is 12.1 Å². The second-order valence-corrected chi connectivity index (χ2v) is 6.27. The van der Waals surface area contributed by atoms with Crippen molar-refractivity contribution in [1.29, 1.82) is 0 Å². The summed E-state index contributed by atoms with van der Waals surface area (Å²) in [6.07, 6.45) is 0.480.